The molecule has 10 heteroatoms. The second kappa shape index (κ2) is 9.09. The molecular weight excluding hydrogens is 375 g/mol. The zero-order valence-corrected chi connectivity index (χ0v) is 14.9. The fraction of sp³-hybridized carbons (Fsp3) is 0.500. The Kier molecular flexibility index (Phi) is 7.70. The van der Waals surface area contributed by atoms with Crippen molar-refractivity contribution in [3.63, 3.8) is 0 Å². The van der Waals surface area contributed by atoms with Gasteiger partial charge in [-0.3, -0.25) is 9.59 Å². The van der Waals surface area contributed by atoms with Crippen LogP contribution < -0.4 is 20.7 Å². The van der Waals surface area contributed by atoms with E-state index < -0.39 is 18.2 Å². The quantitative estimate of drug-likeness (QED) is 0.774. The normalized spacial score (nSPS) is 18.3. The van der Waals surface area contributed by atoms with Gasteiger partial charge in [0.25, 0.3) is 0 Å². The monoisotopic (exact) mass is 395 g/mol. The van der Waals surface area contributed by atoms with E-state index in [-0.39, 0.29) is 36.7 Å². The molecule has 6 nitrogen and oxygen atoms in total. The Hall–Kier alpha value is -2.00. The summed E-state index contributed by atoms with van der Waals surface area (Å²) in [5, 5.41) is 2.64. The second-order valence-electron chi connectivity index (χ2n) is 5.96. The zero-order valence-electron chi connectivity index (χ0n) is 14.1. The molecule has 0 spiro atoms. The van der Waals surface area contributed by atoms with Crippen molar-refractivity contribution in [2.24, 2.45) is 5.73 Å². The number of anilines is 1. The molecule has 0 aromatic heterocycles. The van der Waals surface area contributed by atoms with E-state index in [1.165, 1.54) is 17.0 Å². The third kappa shape index (κ3) is 6.38. The number of carbonyl (C=O) groups excluding carboxylic acids is 2. The summed E-state index contributed by atoms with van der Waals surface area (Å²) in [6.45, 7) is 2.08. The third-order valence-corrected chi connectivity index (χ3v) is 3.73. The van der Waals surface area contributed by atoms with Crippen molar-refractivity contribution in [1.29, 1.82) is 0 Å². The number of benzene rings is 1. The first-order valence-electron chi connectivity index (χ1n) is 7.88. The number of amides is 2. The number of alkyl halides is 3. The minimum Gasteiger partial charge on any atom is -0.406 e. The highest BCUT2D eigenvalue weighted by Gasteiger charge is 2.35. The highest BCUT2D eigenvalue weighted by molar-refractivity contribution is 6.01. The Bertz CT molecular complexity index is 641. The van der Waals surface area contributed by atoms with Crippen LogP contribution in [-0.4, -0.2) is 36.8 Å². The smallest absolute Gasteiger partial charge is 0.406 e. The van der Waals surface area contributed by atoms with Crippen LogP contribution in [0, 0.1) is 0 Å². The van der Waals surface area contributed by atoms with Crippen LogP contribution >= 0.6 is 12.4 Å². The van der Waals surface area contributed by atoms with Gasteiger partial charge in [-0.1, -0.05) is 6.07 Å². The lowest BCUT2D eigenvalue weighted by atomic mass is 10.1. The molecule has 0 saturated carbocycles. The number of rotatable bonds is 6. The summed E-state index contributed by atoms with van der Waals surface area (Å²) in [5.41, 5.74) is 5.88. The number of hydrogen-bond donors (Lipinski definition) is 2. The number of carbonyl (C=O) groups is 2. The van der Waals surface area contributed by atoms with Gasteiger partial charge in [0.2, 0.25) is 11.8 Å². The van der Waals surface area contributed by atoms with E-state index in [9.17, 15) is 22.8 Å². The molecule has 26 heavy (non-hydrogen) atoms. The largest absolute Gasteiger partial charge is 0.573 e. The van der Waals surface area contributed by atoms with Crippen molar-refractivity contribution in [3.05, 3.63) is 24.3 Å². The van der Waals surface area contributed by atoms with Gasteiger partial charge >= 0.3 is 6.36 Å². The van der Waals surface area contributed by atoms with Gasteiger partial charge in [-0.15, -0.1) is 25.6 Å². The van der Waals surface area contributed by atoms with Crippen molar-refractivity contribution in [2.75, 3.05) is 11.4 Å². The number of hydrogen-bond acceptors (Lipinski definition) is 4. The van der Waals surface area contributed by atoms with Gasteiger partial charge in [0.15, 0.2) is 0 Å². The SMILES string of the molecule is CC(N)CCC(=O)NC1CCN(c2cccc(OC(F)(F)F)c2)C1=O.Cl. The molecule has 1 aliphatic rings. The molecule has 1 aliphatic heterocycles. The van der Waals surface area contributed by atoms with Gasteiger partial charge in [-0.25, -0.2) is 0 Å². The number of nitrogens with zero attached hydrogens (tertiary/aromatic N) is 1. The molecule has 0 radical (unpaired) electrons. The van der Waals surface area contributed by atoms with Crippen LogP contribution in [0.4, 0.5) is 18.9 Å². The summed E-state index contributed by atoms with van der Waals surface area (Å²) in [7, 11) is 0. The summed E-state index contributed by atoms with van der Waals surface area (Å²) in [4.78, 5) is 25.6. The first kappa shape index (κ1) is 22.0. The summed E-state index contributed by atoms with van der Waals surface area (Å²) in [6, 6.07) is 4.39. The van der Waals surface area contributed by atoms with E-state index in [2.05, 4.69) is 10.1 Å². The lowest BCUT2D eigenvalue weighted by Crippen LogP contribution is -2.41. The molecule has 3 N–H and O–H groups in total. The number of nitrogens with two attached hydrogens (primary N) is 1. The molecule has 1 aromatic rings. The van der Waals surface area contributed by atoms with Crippen molar-refractivity contribution in [2.45, 2.75) is 44.6 Å². The molecule has 146 valence electrons. The molecule has 0 aliphatic carbocycles. The number of ether oxygens (including phenoxy) is 1. The van der Waals surface area contributed by atoms with Crippen LogP contribution in [0.3, 0.4) is 0 Å². The second-order valence-corrected chi connectivity index (χ2v) is 5.96. The van der Waals surface area contributed by atoms with Gasteiger partial charge in [-0.05, 0) is 31.9 Å². The van der Waals surface area contributed by atoms with Crippen LogP contribution in [-0.2, 0) is 9.59 Å². The van der Waals surface area contributed by atoms with E-state index in [1.54, 1.807) is 6.92 Å². The zero-order chi connectivity index (χ0) is 18.6. The van der Waals surface area contributed by atoms with Crippen LogP contribution in [0.5, 0.6) is 5.75 Å². The summed E-state index contributed by atoms with van der Waals surface area (Å²) in [6.07, 6.45) is -3.69. The van der Waals surface area contributed by atoms with Crippen molar-refractivity contribution in [1.82, 2.24) is 5.32 Å². The Morgan fingerprint density at radius 3 is 2.77 bits per heavy atom. The van der Waals surface area contributed by atoms with E-state index >= 15 is 0 Å². The molecule has 1 heterocycles. The Morgan fingerprint density at radius 2 is 2.15 bits per heavy atom. The molecule has 2 amide bonds. The molecule has 0 bridgehead atoms. The molecular formula is C16H21ClF3N3O3. The maximum Gasteiger partial charge on any atom is 0.573 e. The molecule has 1 fully saturated rings. The van der Waals surface area contributed by atoms with E-state index in [0.717, 1.165) is 12.1 Å². The minimum absolute atomic E-state index is 0. The number of nitrogens with one attached hydrogen (secondary N) is 1. The predicted molar refractivity (Wildman–Crippen MR) is 92.2 cm³/mol. The van der Waals surface area contributed by atoms with Gasteiger partial charge in [0.05, 0.1) is 0 Å². The summed E-state index contributed by atoms with van der Waals surface area (Å²) in [5.74, 6) is -1.04. The highest BCUT2D eigenvalue weighted by Crippen LogP contribution is 2.29. The average molecular weight is 396 g/mol. The standard InChI is InChI=1S/C16H20F3N3O3.ClH/c1-10(20)5-6-14(23)21-13-7-8-22(15(13)24)11-3-2-4-12(9-11)25-16(17,18)19;/h2-4,9-10,13H,5-8,20H2,1H3,(H,21,23);1H. The topological polar surface area (TPSA) is 84.7 Å². The van der Waals surface area contributed by atoms with Gasteiger partial charge in [0.1, 0.15) is 11.8 Å². The van der Waals surface area contributed by atoms with Crippen LogP contribution in [0.15, 0.2) is 24.3 Å². The van der Waals surface area contributed by atoms with E-state index in [4.69, 9.17) is 5.73 Å². The Balaban J connectivity index is 0.00000338. The molecule has 1 saturated heterocycles. The van der Waals surface area contributed by atoms with Crippen molar-refractivity contribution >= 4 is 29.9 Å². The van der Waals surface area contributed by atoms with Crippen molar-refractivity contribution < 1.29 is 27.5 Å². The molecule has 2 rings (SSSR count). The van der Waals surface area contributed by atoms with E-state index in [1.807, 2.05) is 0 Å². The van der Waals surface area contributed by atoms with Gasteiger partial charge in [0, 0.05) is 30.8 Å². The van der Waals surface area contributed by atoms with Crippen LogP contribution in [0.25, 0.3) is 0 Å². The van der Waals surface area contributed by atoms with Crippen LogP contribution in [0.2, 0.25) is 0 Å². The third-order valence-electron chi connectivity index (χ3n) is 3.73. The number of halogens is 4. The maximum absolute atomic E-state index is 12.4. The highest BCUT2D eigenvalue weighted by atomic mass is 35.5. The Morgan fingerprint density at radius 1 is 1.46 bits per heavy atom. The Labute approximate surface area is 155 Å². The van der Waals surface area contributed by atoms with Crippen molar-refractivity contribution in [3.8, 4) is 5.75 Å². The molecule has 1 aromatic carbocycles. The predicted octanol–water partition coefficient (Wildman–Crippen LogP) is 2.36. The maximum atomic E-state index is 12.4. The van der Waals surface area contributed by atoms with Crippen LogP contribution in [0.1, 0.15) is 26.2 Å². The lowest BCUT2D eigenvalue weighted by Gasteiger charge is -2.18. The fourth-order valence-corrected chi connectivity index (χ4v) is 2.54. The lowest BCUT2D eigenvalue weighted by molar-refractivity contribution is -0.274. The van der Waals surface area contributed by atoms with Gasteiger partial charge < -0.3 is 20.7 Å². The molecule has 2 unspecified atom stereocenters. The average Bonchev–Trinajstić information content (AvgIpc) is 2.85. The van der Waals surface area contributed by atoms with Gasteiger partial charge in [-0.2, -0.15) is 0 Å². The first-order chi connectivity index (χ1) is 11.7. The van der Waals surface area contributed by atoms with E-state index in [0.29, 0.717) is 25.1 Å². The summed E-state index contributed by atoms with van der Waals surface area (Å²) >= 11 is 0. The first-order valence-corrected chi connectivity index (χ1v) is 7.88. The molecule has 2 atom stereocenters. The minimum atomic E-state index is -4.80. The fourth-order valence-electron chi connectivity index (χ4n) is 2.54. The summed E-state index contributed by atoms with van der Waals surface area (Å²) < 4.78 is 40.8.